The first-order valence-corrected chi connectivity index (χ1v) is 10.6. The summed E-state index contributed by atoms with van der Waals surface area (Å²) in [6, 6.07) is 3.87. The van der Waals surface area contributed by atoms with E-state index in [9.17, 15) is 9.59 Å². The molecule has 0 spiro atoms. The van der Waals surface area contributed by atoms with Crippen molar-refractivity contribution >= 4 is 45.3 Å². The number of thiophene rings is 2. The number of carbonyl (C=O) groups excluding carboxylic acids is 2. The number of anilines is 1. The Hall–Kier alpha value is -2.19. The van der Waals surface area contributed by atoms with Gasteiger partial charge < -0.3 is 14.9 Å². The average Bonchev–Trinajstić information content (AvgIpc) is 3.29. The van der Waals surface area contributed by atoms with Crippen molar-refractivity contribution in [2.45, 2.75) is 39.5 Å². The van der Waals surface area contributed by atoms with E-state index in [1.165, 1.54) is 11.3 Å². The second-order valence-electron chi connectivity index (χ2n) is 6.11. The van der Waals surface area contributed by atoms with E-state index in [-0.39, 0.29) is 18.5 Å². The van der Waals surface area contributed by atoms with E-state index in [0.29, 0.717) is 17.2 Å². The van der Waals surface area contributed by atoms with Crippen LogP contribution < -0.4 is 5.32 Å². The normalized spacial score (nSPS) is 13.8. The molecule has 1 aliphatic rings. The molecule has 144 valence electrons. The van der Waals surface area contributed by atoms with Crippen molar-refractivity contribution in [1.29, 1.82) is 0 Å². The fraction of sp³-hybridized carbons (Fsp3) is 0.421. The van der Waals surface area contributed by atoms with Gasteiger partial charge in [-0.25, -0.2) is 4.79 Å². The van der Waals surface area contributed by atoms with Gasteiger partial charge in [0.25, 0.3) is 5.91 Å². The number of carbonyl (C=O) groups is 2. The van der Waals surface area contributed by atoms with Crippen LogP contribution in [0.4, 0.5) is 5.00 Å². The van der Waals surface area contributed by atoms with Crippen LogP contribution in [0, 0.1) is 0 Å². The standard InChI is InChI=1S/C19H22N2O4S2/c1-3-24-19(23)17-13-7-4-5-8-15(13)27-18(17)20-16(22)11-25-21-12(2)14-9-6-10-26-14/h6,9-10H,3-5,7-8,11H2,1-2H3,(H,20,22). The van der Waals surface area contributed by atoms with Gasteiger partial charge in [-0.15, -0.1) is 22.7 Å². The average molecular weight is 407 g/mol. The van der Waals surface area contributed by atoms with Gasteiger partial charge in [-0.2, -0.15) is 0 Å². The first-order chi connectivity index (χ1) is 13.1. The highest BCUT2D eigenvalue weighted by atomic mass is 32.1. The number of fused-ring (bicyclic) bond motifs is 1. The molecular formula is C19H22N2O4S2. The number of nitrogens with one attached hydrogen (secondary N) is 1. The number of esters is 1. The molecule has 8 heteroatoms. The van der Waals surface area contributed by atoms with E-state index < -0.39 is 0 Å². The number of nitrogens with zero attached hydrogens (tertiary/aromatic N) is 1. The summed E-state index contributed by atoms with van der Waals surface area (Å²) in [7, 11) is 0. The second-order valence-corrected chi connectivity index (χ2v) is 8.16. The van der Waals surface area contributed by atoms with Gasteiger partial charge in [0.2, 0.25) is 0 Å². The van der Waals surface area contributed by atoms with Gasteiger partial charge in [-0.3, -0.25) is 4.79 Å². The van der Waals surface area contributed by atoms with Crippen LogP contribution in [0.2, 0.25) is 0 Å². The van der Waals surface area contributed by atoms with Gasteiger partial charge in [0.15, 0.2) is 6.61 Å². The van der Waals surface area contributed by atoms with Crippen molar-refractivity contribution < 1.29 is 19.2 Å². The lowest BCUT2D eigenvalue weighted by molar-refractivity contribution is -0.120. The van der Waals surface area contributed by atoms with Gasteiger partial charge >= 0.3 is 5.97 Å². The number of rotatable bonds is 7. The van der Waals surface area contributed by atoms with Gasteiger partial charge in [0.05, 0.1) is 22.8 Å². The first kappa shape index (κ1) is 19.6. The Balaban J connectivity index is 1.67. The van der Waals surface area contributed by atoms with Crippen LogP contribution in [0.1, 0.15) is 52.4 Å². The monoisotopic (exact) mass is 406 g/mol. The van der Waals surface area contributed by atoms with Crippen LogP contribution in [-0.4, -0.2) is 30.8 Å². The maximum absolute atomic E-state index is 12.4. The maximum Gasteiger partial charge on any atom is 0.341 e. The molecule has 0 saturated heterocycles. The molecule has 0 fully saturated rings. The topological polar surface area (TPSA) is 77.0 Å². The fourth-order valence-electron chi connectivity index (χ4n) is 2.95. The number of oxime groups is 1. The summed E-state index contributed by atoms with van der Waals surface area (Å²) in [4.78, 5) is 32.0. The Morgan fingerprint density at radius 2 is 2.11 bits per heavy atom. The highest BCUT2D eigenvalue weighted by Crippen LogP contribution is 2.38. The Kier molecular flexibility index (Phi) is 6.63. The minimum absolute atomic E-state index is 0.215. The van der Waals surface area contributed by atoms with E-state index in [1.54, 1.807) is 18.3 Å². The summed E-state index contributed by atoms with van der Waals surface area (Å²) < 4.78 is 5.19. The van der Waals surface area contributed by atoms with Crippen molar-refractivity contribution in [2.24, 2.45) is 5.16 Å². The van der Waals surface area contributed by atoms with E-state index >= 15 is 0 Å². The summed E-state index contributed by atoms with van der Waals surface area (Å²) in [6.45, 7) is 3.69. The molecule has 6 nitrogen and oxygen atoms in total. The van der Waals surface area contributed by atoms with Crippen molar-refractivity contribution in [3.8, 4) is 0 Å². The van der Waals surface area contributed by atoms with Crippen LogP contribution in [0.5, 0.6) is 0 Å². The summed E-state index contributed by atoms with van der Waals surface area (Å²) in [5.74, 6) is -0.721. The molecule has 0 unspecified atom stereocenters. The predicted molar refractivity (Wildman–Crippen MR) is 108 cm³/mol. The molecule has 1 amide bonds. The fourth-order valence-corrected chi connectivity index (χ4v) is 4.92. The Bertz CT molecular complexity index is 840. The molecule has 0 aliphatic heterocycles. The molecule has 2 heterocycles. The van der Waals surface area contributed by atoms with Crippen LogP contribution in [0.3, 0.4) is 0 Å². The molecule has 0 atom stereocenters. The Morgan fingerprint density at radius 1 is 1.30 bits per heavy atom. The highest BCUT2D eigenvalue weighted by molar-refractivity contribution is 7.17. The van der Waals surface area contributed by atoms with Crippen molar-refractivity contribution in [3.05, 3.63) is 38.4 Å². The SMILES string of the molecule is CCOC(=O)c1c(NC(=O)CON=C(C)c2cccs2)sc2c1CCCC2. The molecule has 27 heavy (non-hydrogen) atoms. The van der Waals surface area contributed by atoms with Crippen LogP contribution in [0.15, 0.2) is 22.7 Å². The molecule has 0 radical (unpaired) electrons. The van der Waals surface area contributed by atoms with Gasteiger partial charge in [-0.1, -0.05) is 11.2 Å². The zero-order valence-electron chi connectivity index (χ0n) is 15.4. The highest BCUT2D eigenvalue weighted by Gasteiger charge is 2.27. The molecule has 2 aromatic rings. The maximum atomic E-state index is 12.4. The molecule has 0 bridgehead atoms. The molecule has 0 aromatic carbocycles. The molecule has 0 saturated carbocycles. The summed E-state index contributed by atoms with van der Waals surface area (Å²) in [5.41, 5.74) is 2.24. The quantitative estimate of drug-likeness (QED) is 0.424. The third kappa shape index (κ3) is 4.75. The summed E-state index contributed by atoms with van der Waals surface area (Å²) in [6.07, 6.45) is 3.92. The lowest BCUT2D eigenvalue weighted by Crippen LogP contribution is -2.19. The van der Waals surface area contributed by atoms with Crippen molar-refractivity contribution in [3.63, 3.8) is 0 Å². The molecular weight excluding hydrogens is 384 g/mol. The minimum atomic E-state index is -0.375. The minimum Gasteiger partial charge on any atom is -0.462 e. The number of amides is 1. The zero-order valence-corrected chi connectivity index (χ0v) is 17.0. The van der Waals surface area contributed by atoms with Gasteiger partial charge in [-0.05, 0) is 56.5 Å². The van der Waals surface area contributed by atoms with Crippen LogP contribution in [-0.2, 0) is 27.2 Å². The van der Waals surface area contributed by atoms with Gasteiger partial charge in [0.1, 0.15) is 5.00 Å². The van der Waals surface area contributed by atoms with Crippen molar-refractivity contribution in [2.75, 3.05) is 18.5 Å². The van der Waals surface area contributed by atoms with Crippen molar-refractivity contribution in [1.82, 2.24) is 0 Å². The largest absolute Gasteiger partial charge is 0.462 e. The molecule has 3 rings (SSSR count). The Labute approximate surface area is 166 Å². The third-order valence-electron chi connectivity index (χ3n) is 4.18. The lowest BCUT2D eigenvalue weighted by Gasteiger charge is -2.12. The first-order valence-electron chi connectivity index (χ1n) is 8.92. The number of aryl methyl sites for hydroxylation is 1. The van der Waals surface area contributed by atoms with E-state index in [4.69, 9.17) is 9.57 Å². The summed E-state index contributed by atoms with van der Waals surface area (Å²) in [5, 5.41) is 9.28. The number of hydrogen-bond donors (Lipinski definition) is 1. The molecule has 2 aromatic heterocycles. The van der Waals surface area contributed by atoms with Gasteiger partial charge in [0, 0.05) is 4.88 Å². The van der Waals surface area contributed by atoms with E-state index in [1.807, 2.05) is 24.4 Å². The smallest absolute Gasteiger partial charge is 0.341 e. The molecule has 1 aliphatic carbocycles. The zero-order chi connectivity index (χ0) is 19.2. The molecule has 1 N–H and O–H groups in total. The van der Waals surface area contributed by atoms with E-state index in [2.05, 4.69) is 10.5 Å². The summed E-state index contributed by atoms with van der Waals surface area (Å²) >= 11 is 3.02. The Morgan fingerprint density at radius 3 is 2.85 bits per heavy atom. The van der Waals surface area contributed by atoms with E-state index in [0.717, 1.165) is 46.7 Å². The third-order valence-corrected chi connectivity index (χ3v) is 6.36. The lowest BCUT2D eigenvalue weighted by atomic mass is 9.95. The number of hydrogen-bond acceptors (Lipinski definition) is 7. The second kappa shape index (κ2) is 9.14. The van der Waals surface area contributed by atoms with Crippen LogP contribution >= 0.6 is 22.7 Å². The van der Waals surface area contributed by atoms with Crippen LogP contribution in [0.25, 0.3) is 0 Å². The predicted octanol–water partition coefficient (Wildman–Crippen LogP) is 4.24. The number of ether oxygens (including phenoxy) is 1.